The van der Waals surface area contributed by atoms with Gasteiger partial charge >= 0.3 is 0 Å². The summed E-state index contributed by atoms with van der Waals surface area (Å²) in [7, 11) is 0. The molecular weight excluding hydrogens is 228 g/mol. The number of amides is 1. The molecule has 3 N–H and O–H groups in total. The van der Waals surface area contributed by atoms with E-state index in [0.29, 0.717) is 0 Å². The van der Waals surface area contributed by atoms with Crippen LogP contribution in [0, 0.1) is 6.92 Å². The van der Waals surface area contributed by atoms with Gasteiger partial charge in [0.2, 0.25) is 5.91 Å². The summed E-state index contributed by atoms with van der Waals surface area (Å²) in [5.74, 6) is -0.251. The smallest absolute Gasteiger partial charge is 0.240 e. The molecule has 0 aromatic heterocycles. The lowest BCUT2D eigenvalue weighted by atomic mass is 9.99. The van der Waals surface area contributed by atoms with E-state index in [1.165, 1.54) is 0 Å². The van der Waals surface area contributed by atoms with Crippen molar-refractivity contribution in [3.05, 3.63) is 29.3 Å². The normalized spacial score (nSPS) is 19.9. The van der Waals surface area contributed by atoms with Crippen LogP contribution in [0.1, 0.15) is 30.4 Å². The molecule has 1 unspecified atom stereocenters. The number of carbonyl (C=O) groups is 1. The largest absolute Gasteiger partial charge is 0.392 e. The third-order valence-electron chi connectivity index (χ3n) is 3.66. The van der Waals surface area contributed by atoms with Crippen LogP contribution in [0.4, 0.5) is 5.69 Å². The number of benzene rings is 1. The lowest BCUT2D eigenvalue weighted by Crippen LogP contribution is -2.47. The van der Waals surface area contributed by atoms with E-state index in [9.17, 15) is 9.90 Å². The van der Waals surface area contributed by atoms with Crippen LogP contribution in [0.25, 0.3) is 0 Å². The number of hydrogen-bond acceptors (Lipinski definition) is 3. The number of aryl methyl sites for hydroxylation is 1. The minimum absolute atomic E-state index is 0.0470. The van der Waals surface area contributed by atoms with Gasteiger partial charge in [0.15, 0.2) is 0 Å². The second kappa shape index (κ2) is 5.40. The quantitative estimate of drug-likeness (QED) is 0.848. The Kier molecular flexibility index (Phi) is 3.87. The monoisotopic (exact) mass is 248 g/mol. The summed E-state index contributed by atoms with van der Waals surface area (Å²) < 4.78 is 0. The molecule has 0 aliphatic carbocycles. The van der Waals surface area contributed by atoms with E-state index in [2.05, 4.69) is 4.90 Å². The van der Waals surface area contributed by atoms with Crippen LogP contribution < -0.4 is 10.6 Å². The topological polar surface area (TPSA) is 66.6 Å². The van der Waals surface area contributed by atoms with Crippen molar-refractivity contribution >= 4 is 11.6 Å². The molecule has 1 aliphatic rings. The van der Waals surface area contributed by atoms with Gasteiger partial charge in [0, 0.05) is 12.2 Å². The van der Waals surface area contributed by atoms with Crippen molar-refractivity contribution in [2.45, 2.75) is 38.8 Å². The summed E-state index contributed by atoms with van der Waals surface area (Å²) in [4.78, 5) is 13.6. The average molecular weight is 248 g/mol. The predicted molar refractivity (Wildman–Crippen MR) is 71.3 cm³/mol. The van der Waals surface area contributed by atoms with Gasteiger partial charge in [-0.15, -0.1) is 0 Å². The number of nitrogens with zero attached hydrogens (tertiary/aromatic N) is 1. The first-order valence-corrected chi connectivity index (χ1v) is 6.40. The van der Waals surface area contributed by atoms with Gasteiger partial charge in [0.05, 0.1) is 6.61 Å². The molecule has 4 nitrogen and oxygen atoms in total. The van der Waals surface area contributed by atoms with Crippen LogP contribution in [0.3, 0.4) is 0 Å². The van der Waals surface area contributed by atoms with E-state index in [1.54, 1.807) is 0 Å². The van der Waals surface area contributed by atoms with Gasteiger partial charge in [0.25, 0.3) is 0 Å². The molecule has 18 heavy (non-hydrogen) atoms. The zero-order valence-electron chi connectivity index (χ0n) is 10.7. The van der Waals surface area contributed by atoms with Gasteiger partial charge in [-0.25, -0.2) is 0 Å². The molecule has 4 heteroatoms. The summed E-state index contributed by atoms with van der Waals surface area (Å²) in [5, 5.41) is 9.17. The molecule has 2 rings (SSSR count). The highest BCUT2D eigenvalue weighted by Gasteiger charge is 2.27. The number of aliphatic hydroxyl groups is 1. The Morgan fingerprint density at radius 1 is 1.50 bits per heavy atom. The van der Waals surface area contributed by atoms with Crippen molar-refractivity contribution in [1.29, 1.82) is 0 Å². The molecule has 1 atom stereocenters. The lowest BCUT2D eigenvalue weighted by Gasteiger charge is -2.35. The fourth-order valence-electron chi connectivity index (χ4n) is 2.57. The first-order valence-electron chi connectivity index (χ1n) is 6.40. The summed E-state index contributed by atoms with van der Waals surface area (Å²) >= 11 is 0. The number of nitrogens with two attached hydrogens (primary N) is 1. The number of piperidine rings is 1. The predicted octanol–water partition coefficient (Wildman–Crippen LogP) is 1.33. The van der Waals surface area contributed by atoms with E-state index in [0.717, 1.165) is 42.6 Å². The van der Waals surface area contributed by atoms with E-state index in [1.807, 2.05) is 25.1 Å². The zero-order valence-corrected chi connectivity index (χ0v) is 10.7. The Morgan fingerprint density at radius 3 is 2.89 bits per heavy atom. The van der Waals surface area contributed by atoms with Crippen LogP contribution >= 0.6 is 0 Å². The maximum absolute atomic E-state index is 11.5. The molecule has 0 bridgehead atoms. The molecule has 1 aromatic carbocycles. The average Bonchev–Trinajstić information content (AvgIpc) is 2.38. The van der Waals surface area contributed by atoms with Gasteiger partial charge in [-0.2, -0.15) is 0 Å². The third-order valence-corrected chi connectivity index (χ3v) is 3.66. The number of carbonyl (C=O) groups excluding carboxylic acids is 1. The van der Waals surface area contributed by atoms with Gasteiger partial charge in [0.1, 0.15) is 6.04 Å². The molecule has 1 aliphatic heterocycles. The Labute approximate surface area is 107 Å². The van der Waals surface area contributed by atoms with Crippen LogP contribution in [0.2, 0.25) is 0 Å². The van der Waals surface area contributed by atoms with Gasteiger partial charge in [-0.05, 0) is 49.4 Å². The SMILES string of the molecule is Cc1cc(N2CCCCC2C(N)=O)ccc1CO. The lowest BCUT2D eigenvalue weighted by molar-refractivity contribution is -0.119. The molecule has 1 fully saturated rings. The van der Waals surface area contributed by atoms with Crippen LogP contribution in [-0.2, 0) is 11.4 Å². The molecule has 0 spiro atoms. The Morgan fingerprint density at radius 2 is 2.28 bits per heavy atom. The third kappa shape index (κ3) is 2.48. The van der Waals surface area contributed by atoms with Gasteiger partial charge < -0.3 is 15.7 Å². The Bertz CT molecular complexity index is 445. The molecule has 0 saturated carbocycles. The highest BCUT2D eigenvalue weighted by atomic mass is 16.3. The molecule has 1 amide bonds. The number of hydrogen-bond donors (Lipinski definition) is 2. The summed E-state index contributed by atoms with van der Waals surface area (Å²) in [5.41, 5.74) is 8.46. The minimum Gasteiger partial charge on any atom is -0.392 e. The second-order valence-corrected chi connectivity index (χ2v) is 4.88. The Hall–Kier alpha value is -1.55. The van der Waals surface area contributed by atoms with Crippen molar-refractivity contribution in [3.63, 3.8) is 0 Å². The van der Waals surface area contributed by atoms with E-state index in [-0.39, 0.29) is 18.6 Å². The standard InChI is InChI=1S/C14H20N2O2/c1-10-8-12(6-5-11(10)9-17)16-7-3-2-4-13(16)14(15)18/h5-6,8,13,17H,2-4,7,9H2,1H3,(H2,15,18). The van der Waals surface area contributed by atoms with Crippen LogP contribution in [0.5, 0.6) is 0 Å². The maximum Gasteiger partial charge on any atom is 0.240 e. The fourth-order valence-corrected chi connectivity index (χ4v) is 2.57. The van der Waals surface area contributed by atoms with E-state index < -0.39 is 0 Å². The van der Waals surface area contributed by atoms with Gasteiger partial charge in [-0.1, -0.05) is 6.07 Å². The summed E-state index contributed by atoms with van der Waals surface area (Å²) in [6.07, 6.45) is 2.97. The molecule has 0 radical (unpaired) electrons. The number of anilines is 1. The van der Waals surface area contributed by atoms with Crippen molar-refractivity contribution in [2.24, 2.45) is 5.73 Å². The number of rotatable bonds is 3. The zero-order chi connectivity index (χ0) is 13.1. The highest BCUT2D eigenvalue weighted by Crippen LogP contribution is 2.26. The van der Waals surface area contributed by atoms with Crippen LogP contribution in [0.15, 0.2) is 18.2 Å². The fraction of sp³-hybridized carbons (Fsp3) is 0.500. The number of aliphatic hydroxyl groups excluding tert-OH is 1. The second-order valence-electron chi connectivity index (χ2n) is 4.88. The maximum atomic E-state index is 11.5. The van der Waals surface area contributed by atoms with Crippen molar-refractivity contribution < 1.29 is 9.90 Å². The van der Waals surface area contributed by atoms with Gasteiger partial charge in [-0.3, -0.25) is 4.79 Å². The van der Waals surface area contributed by atoms with E-state index in [4.69, 9.17) is 5.73 Å². The molecule has 1 saturated heterocycles. The Balaban J connectivity index is 2.28. The van der Waals surface area contributed by atoms with Crippen molar-refractivity contribution in [2.75, 3.05) is 11.4 Å². The van der Waals surface area contributed by atoms with E-state index >= 15 is 0 Å². The first kappa shape index (κ1) is 12.9. The summed E-state index contributed by atoms with van der Waals surface area (Å²) in [6.45, 7) is 2.88. The van der Waals surface area contributed by atoms with Crippen LogP contribution in [-0.4, -0.2) is 23.6 Å². The first-order chi connectivity index (χ1) is 8.63. The highest BCUT2D eigenvalue weighted by molar-refractivity contribution is 5.84. The van der Waals surface area contributed by atoms with Crippen molar-refractivity contribution in [3.8, 4) is 0 Å². The molecule has 98 valence electrons. The minimum atomic E-state index is -0.251. The molecule has 1 heterocycles. The summed E-state index contributed by atoms with van der Waals surface area (Å²) in [6, 6.07) is 5.70. The number of primary amides is 1. The molecule has 1 aromatic rings. The molecular formula is C14H20N2O2. The van der Waals surface area contributed by atoms with Crippen molar-refractivity contribution in [1.82, 2.24) is 0 Å².